The Morgan fingerprint density at radius 1 is 1.08 bits per heavy atom. The molecule has 0 unspecified atom stereocenters. The number of ether oxygens (including phenoxy) is 1. The van der Waals surface area contributed by atoms with Crippen molar-refractivity contribution in [3.63, 3.8) is 0 Å². The van der Waals surface area contributed by atoms with Crippen LogP contribution >= 0.6 is 0 Å². The zero-order valence-electron chi connectivity index (χ0n) is 14.5. The Bertz CT molecular complexity index is 914. The molecule has 0 aliphatic rings. The molecule has 3 nitrogen and oxygen atoms in total. The van der Waals surface area contributed by atoms with E-state index in [4.69, 9.17) is 9.72 Å². The zero-order valence-corrected chi connectivity index (χ0v) is 14.5. The van der Waals surface area contributed by atoms with Crippen molar-refractivity contribution >= 4 is 16.9 Å². The molecule has 1 heterocycles. The first-order valence-corrected chi connectivity index (χ1v) is 8.17. The third kappa shape index (κ3) is 2.78. The minimum absolute atomic E-state index is 0.287. The van der Waals surface area contributed by atoms with Gasteiger partial charge in [-0.2, -0.15) is 0 Å². The number of benzene rings is 2. The molecule has 0 saturated carbocycles. The van der Waals surface area contributed by atoms with Crippen molar-refractivity contribution in [3.8, 4) is 11.3 Å². The van der Waals surface area contributed by atoms with Gasteiger partial charge >= 0.3 is 5.97 Å². The number of carbonyl (C=O) groups is 1. The van der Waals surface area contributed by atoms with Crippen molar-refractivity contribution in [1.29, 1.82) is 0 Å². The molecular formula is C21H21NO2. The van der Waals surface area contributed by atoms with Crippen molar-refractivity contribution in [2.75, 3.05) is 6.61 Å². The number of nitrogens with zero attached hydrogens (tertiary/aromatic N) is 1. The maximum absolute atomic E-state index is 12.6. The Labute approximate surface area is 142 Å². The van der Waals surface area contributed by atoms with E-state index in [2.05, 4.69) is 6.07 Å². The number of esters is 1. The van der Waals surface area contributed by atoms with Crippen LogP contribution in [0.15, 0.2) is 42.5 Å². The largest absolute Gasteiger partial charge is 0.462 e. The third-order valence-corrected chi connectivity index (χ3v) is 4.19. The molecule has 3 rings (SSSR count). The van der Waals surface area contributed by atoms with E-state index in [1.165, 1.54) is 0 Å². The number of aromatic nitrogens is 1. The molecule has 0 N–H and O–H groups in total. The number of pyridine rings is 1. The van der Waals surface area contributed by atoms with Gasteiger partial charge in [-0.25, -0.2) is 9.78 Å². The predicted octanol–water partition coefficient (Wildman–Crippen LogP) is 5.00. The quantitative estimate of drug-likeness (QED) is 0.637. The van der Waals surface area contributed by atoms with E-state index in [1.807, 2.05) is 64.1 Å². The van der Waals surface area contributed by atoms with Gasteiger partial charge in [-0.15, -0.1) is 0 Å². The van der Waals surface area contributed by atoms with Crippen LogP contribution in [-0.4, -0.2) is 17.6 Å². The summed E-state index contributed by atoms with van der Waals surface area (Å²) in [7, 11) is 0. The van der Waals surface area contributed by atoms with Gasteiger partial charge in [0.1, 0.15) is 0 Å². The first-order valence-electron chi connectivity index (χ1n) is 8.17. The summed E-state index contributed by atoms with van der Waals surface area (Å²) in [6.07, 6.45) is 0. The summed E-state index contributed by atoms with van der Waals surface area (Å²) in [6.45, 7) is 8.18. The summed E-state index contributed by atoms with van der Waals surface area (Å²) < 4.78 is 5.32. The van der Waals surface area contributed by atoms with E-state index in [-0.39, 0.29) is 5.97 Å². The van der Waals surface area contributed by atoms with Crippen LogP contribution in [0.3, 0.4) is 0 Å². The molecule has 122 valence electrons. The lowest BCUT2D eigenvalue weighted by atomic mass is 9.95. The standard InChI is InChI=1S/C21H21NO2/c1-5-24-21(23)18-15(4)20(16-9-7-6-8-10-16)22-19-14(3)11-13(2)12-17(18)19/h6-12H,5H2,1-4H3. The lowest BCUT2D eigenvalue weighted by Crippen LogP contribution is -2.10. The van der Waals surface area contributed by atoms with Crippen LogP contribution in [0.25, 0.3) is 22.2 Å². The van der Waals surface area contributed by atoms with Crippen molar-refractivity contribution in [2.24, 2.45) is 0 Å². The summed E-state index contributed by atoms with van der Waals surface area (Å²) in [5.74, 6) is -0.287. The van der Waals surface area contributed by atoms with Gasteiger partial charge in [0, 0.05) is 10.9 Å². The molecule has 0 atom stereocenters. The maximum Gasteiger partial charge on any atom is 0.339 e. The second-order valence-corrected chi connectivity index (χ2v) is 6.02. The molecule has 0 spiro atoms. The van der Waals surface area contributed by atoms with Crippen molar-refractivity contribution in [3.05, 3.63) is 64.7 Å². The van der Waals surface area contributed by atoms with Crippen LogP contribution in [0.4, 0.5) is 0 Å². The van der Waals surface area contributed by atoms with E-state index in [0.29, 0.717) is 12.2 Å². The first kappa shape index (κ1) is 16.2. The van der Waals surface area contributed by atoms with Crippen molar-refractivity contribution in [1.82, 2.24) is 4.98 Å². The third-order valence-electron chi connectivity index (χ3n) is 4.19. The van der Waals surface area contributed by atoms with E-state index in [9.17, 15) is 4.79 Å². The highest BCUT2D eigenvalue weighted by Gasteiger charge is 2.20. The average Bonchev–Trinajstić information content (AvgIpc) is 2.55. The average molecular weight is 319 g/mol. The highest BCUT2D eigenvalue weighted by molar-refractivity contribution is 6.07. The van der Waals surface area contributed by atoms with Gasteiger partial charge in [-0.05, 0) is 44.9 Å². The van der Waals surface area contributed by atoms with Gasteiger partial charge in [0.05, 0.1) is 23.4 Å². The molecule has 1 aromatic heterocycles. The summed E-state index contributed by atoms with van der Waals surface area (Å²) in [5, 5.41) is 0.864. The smallest absolute Gasteiger partial charge is 0.339 e. The fraction of sp³-hybridized carbons (Fsp3) is 0.238. The summed E-state index contributed by atoms with van der Waals surface area (Å²) in [6, 6.07) is 14.1. The number of carbonyl (C=O) groups excluding carboxylic acids is 1. The number of hydrogen-bond donors (Lipinski definition) is 0. The fourth-order valence-electron chi connectivity index (χ4n) is 3.16. The molecule has 2 aromatic carbocycles. The minimum Gasteiger partial charge on any atom is -0.462 e. The van der Waals surface area contributed by atoms with Crippen LogP contribution in [0.5, 0.6) is 0 Å². The van der Waals surface area contributed by atoms with Crippen LogP contribution in [0.1, 0.15) is 34.0 Å². The SMILES string of the molecule is CCOC(=O)c1c(C)c(-c2ccccc2)nc2c(C)cc(C)cc12. The number of rotatable bonds is 3. The van der Waals surface area contributed by atoms with Gasteiger partial charge in [-0.1, -0.05) is 42.0 Å². The molecule has 3 heteroatoms. The van der Waals surface area contributed by atoms with Gasteiger partial charge in [0.2, 0.25) is 0 Å². The second-order valence-electron chi connectivity index (χ2n) is 6.02. The van der Waals surface area contributed by atoms with Crippen molar-refractivity contribution in [2.45, 2.75) is 27.7 Å². The van der Waals surface area contributed by atoms with E-state index >= 15 is 0 Å². The molecule has 0 fully saturated rings. The maximum atomic E-state index is 12.6. The Kier molecular flexibility index (Phi) is 4.34. The highest BCUT2D eigenvalue weighted by Crippen LogP contribution is 2.32. The monoisotopic (exact) mass is 319 g/mol. The highest BCUT2D eigenvalue weighted by atomic mass is 16.5. The normalized spacial score (nSPS) is 10.8. The Morgan fingerprint density at radius 3 is 2.46 bits per heavy atom. The molecule has 24 heavy (non-hydrogen) atoms. The second kappa shape index (κ2) is 6.44. The lowest BCUT2D eigenvalue weighted by Gasteiger charge is -2.15. The Morgan fingerprint density at radius 2 is 1.79 bits per heavy atom. The molecule has 0 bridgehead atoms. The van der Waals surface area contributed by atoms with Gasteiger partial charge in [-0.3, -0.25) is 0 Å². The molecule has 0 saturated heterocycles. The molecule has 0 aliphatic carbocycles. The topological polar surface area (TPSA) is 39.2 Å². The van der Waals surface area contributed by atoms with Crippen LogP contribution < -0.4 is 0 Å². The van der Waals surface area contributed by atoms with Crippen LogP contribution in [-0.2, 0) is 4.74 Å². The molecule has 0 radical (unpaired) electrons. The van der Waals surface area contributed by atoms with E-state index in [1.54, 1.807) is 0 Å². The summed E-state index contributed by atoms with van der Waals surface area (Å²) >= 11 is 0. The molecule has 0 amide bonds. The van der Waals surface area contributed by atoms with Gasteiger partial charge in [0.15, 0.2) is 0 Å². The fourth-order valence-corrected chi connectivity index (χ4v) is 3.16. The molecule has 0 aliphatic heterocycles. The number of aryl methyl sites for hydroxylation is 2. The van der Waals surface area contributed by atoms with E-state index in [0.717, 1.165) is 38.9 Å². The number of hydrogen-bond acceptors (Lipinski definition) is 3. The predicted molar refractivity (Wildman–Crippen MR) is 97.3 cm³/mol. The lowest BCUT2D eigenvalue weighted by molar-refractivity contribution is 0.0528. The van der Waals surface area contributed by atoms with Gasteiger partial charge in [0.25, 0.3) is 0 Å². The minimum atomic E-state index is -0.287. The molecular weight excluding hydrogens is 298 g/mol. The summed E-state index contributed by atoms with van der Waals surface area (Å²) in [5.41, 5.74) is 6.34. The van der Waals surface area contributed by atoms with Crippen LogP contribution in [0, 0.1) is 20.8 Å². The summed E-state index contributed by atoms with van der Waals surface area (Å²) in [4.78, 5) is 17.5. The molecule has 3 aromatic rings. The Hall–Kier alpha value is -2.68. The van der Waals surface area contributed by atoms with Crippen LogP contribution in [0.2, 0.25) is 0 Å². The first-order chi connectivity index (χ1) is 11.5. The Balaban J connectivity index is 2.40. The van der Waals surface area contributed by atoms with Crippen molar-refractivity contribution < 1.29 is 9.53 Å². The van der Waals surface area contributed by atoms with Gasteiger partial charge < -0.3 is 4.74 Å². The van der Waals surface area contributed by atoms with E-state index < -0.39 is 0 Å². The number of fused-ring (bicyclic) bond motifs is 1. The zero-order chi connectivity index (χ0) is 17.3.